The molecule has 3 fully saturated rings. The highest BCUT2D eigenvalue weighted by atomic mass is 32.2. The topological polar surface area (TPSA) is 72.3 Å². The van der Waals surface area contributed by atoms with Gasteiger partial charge in [0.1, 0.15) is 0 Å². The number of hydrogen-bond donors (Lipinski definition) is 1. The zero-order valence-electron chi connectivity index (χ0n) is 14.7. The van der Waals surface area contributed by atoms with E-state index in [1.165, 1.54) is 12.8 Å². The number of nitrogens with zero attached hydrogens (tertiary/aromatic N) is 4. The van der Waals surface area contributed by atoms with Crippen LogP contribution < -0.4 is 10.2 Å². The van der Waals surface area contributed by atoms with Gasteiger partial charge in [-0.3, -0.25) is 9.36 Å². The van der Waals surface area contributed by atoms with Crippen LogP contribution in [0.2, 0.25) is 0 Å². The number of anilines is 1. The number of carbonyl (C=O) groups excluding carboxylic acids is 1. The van der Waals surface area contributed by atoms with Crippen LogP contribution in [0.15, 0.2) is 5.16 Å². The molecule has 25 heavy (non-hydrogen) atoms. The van der Waals surface area contributed by atoms with Gasteiger partial charge in [-0.05, 0) is 38.5 Å². The molecule has 0 aliphatic carbocycles. The van der Waals surface area contributed by atoms with Crippen molar-refractivity contribution in [2.75, 3.05) is 31.1 Å². The number of aromatic nitrogens is 3. The SMILES string of the molecule is O=C1NCCCC[C@H]1Sc1nnc(N2CCCC2)n1C[C@H]1CCCO1. The van der Waals surface area contributed by atoms with Gasteiger partial charge in [0.05, 0.1) is 17.9 Å². The maximum Gasteiger partial charge on any atom is 0.233 e. The Morgan fingerprint density at radius 2 is 2.00 bits per heavy atom. The average Bonchev–Trinajstić information content (AvgIpc) is 3.34. The Balaban J connectivity index is 1.55. The number of thioether (sulfide) groups is 1. The van der Waals surface area contributed by atoms with Crippen LogP contribution >= 0.6 is 11.8 Å². The van der Waals surface area contributed by atoms with E-state index in [-0.39, 0.29) is 17.3 Å². The van der Waals surface area contributed by atoms with E-state index in [9.17, 15) is 4.79 Å². The van der Waals surface area contributed by atoms with E-state index in [1.54, 1.807) is 11.8 Å². The minimum Gasteiger partial charge on any atom is -0.376 e. The van der Waals surface area contributed by atoms with Crippen LogP contribution in [0, 0.1) is 0 Å². The maximum absolute atomic E-state index is 12.3. The second kappa shape index (κ2) is 7.95. The van der Waals surface area contributed by atoms with E-state index >= 15 is 0 Å². The highest BCUT2D eigenvalue weighted by Crippen LogP contribution is 2.31. The van der Waals surface area contributed by atoms with Crippen molar-refractivity contribution in [1.82, 2.24) is 20.1 Å². The first-order valence-corrected chi connectivity index (χ1v) is 10.4. The Hall–Kier alpha value is -1.28. The van der Waals surface area contributed by atoms with E-state index in [4.69, 9.17) is 4.74 Å². The van der Waals surface area contributed by atoms with Crippen LogP contribution in [-0.4, -0.2) is 58.3 Å². The van der Waals surface area contributed by atoms with Gasteiger partial charge in [-0.1, -0.05) is 18.2 Å². The Morgan fingerprint density at radius 1 is 1.12 bits per heavy atom. The molecule has 3 aliphatic rings. The molecular weight excluding hydrogens is 338 g/mol. The molecule has 3 aliphatic heterocycles. The van der Waals surface area contributed by atoms with Crippen LogP contribution in [0.5, 0.6) is 0 Å². The third kappa shape index (κ3) is 3.95. The van der Waals surface area contributed by atoms with Crippen molar-refractivity contribution < 1.29 is 9.53 Å². The molecule has 1 amide bonds. The monoisotopic (exact) mass is 365 g/mol. The van der Waals surface area contributed by atoms with Gasteiger partial charge in [0.25, 0.3) is 0 Å². The number of ether oxygens (including phenoxy) is 1. The summed E-state index contributed by atoms with van der Waals surface area (Å²) in [6.07, 6.45) is 7.91. The van der Waals surface area contributed by atoms with Gasteiger partial charge in [-0.2, -0.15) is 0 Å². The Morgan fingerprint density at radius 3 is 2.80 bits per heavy atom. The summed E-state index contributed by atoms with van der Waals surface area (Å²) < 4.78 is 8.05. The molecule has 4 rings (SSSR count). The zero-order chi connectivity index (χ0) is 17.1. The summed E-state index contributed by atoms with van der Waals surface area (Å²) in [5, 5.41) is 12.8. The molecular formula is C17H27N5O2S. The lowest BCUT2D eigenvalue weighted by molar-refractivity contribution is -0.120. The normalized spacial score (nSPS) is 27.5. The third-order valence-electron chi connectivity index (χ3n) is 5.23. The van der Waals surface area contributed by atoms with E-state index < -0.39 is 0 Å². The predicted molar refractivity (Wildman–Crippen MR) is 96.9 cm³/mol. The van der Waals surface area contributed by atoms with Crippen molar-refractivity contribution >= 4 is 23.6 Å². The van der Waals surface area contributed by atoms with E-state index in [1.807, 2.05) is 0 Å². The van der Waals surface area contributed by atoms with Gasteiger partial charge in [-0.15, -0.1) is 10.2 Å². The minimum absolute atomic E-state index is 0.0682. The number of amides is 1. The lowest BCUT2D eigenvalue weighted by Crippen LogP contribution is -2.31. The summed E-state index contributed by atoms with van der Waals surface area (Å²) in [5.74, 6) is 1.08. The molecule has 4 heterocycles. The molecule has 2 atom stereocenters. The maximum atomic E-state index is 12.3. The fourth-order valence-electron chi connectivity index (χ4n) is 3.82. The Labute approximate surface area is 152 Å². The van der Waals surface area contributed by atoms with E-state index in [0.717, 1.165) is 76.0 Å². The van der Waals surface area contributed by atoms with Gasteiger partial charge in [-0.25, -0.2) is 0 Å². The number of carbonyl (C=O) groups is 1. The van der Waals surface area contributed by atoms with Crippen molar-refractivity contribution in [3.63, 3.8) is 0 Å². The molecule has 0 spiro atoms. The van der Waals surface area contributed by atoms with Gasteiger partial charge in [0, 0.05) is 26.2 Å². The highest BCUT2D eigenvalue weighted by molar-refractivity contribution is 8.00. The fourth-order valence-corrected chi connectivity index (χ4v) is 4.92. The van der Waals surface area contributed by atoms with Gasteiger partial charge < -0.3 is 15.0 Å². The van der Waals surface area contributed by atoms with Crippen molar-refractivity contribution in [3.05, 3.63) is 0 Å². The fraction of sp³-hybridized carbons (Fsp3) is 0.824. The summed E-state index contributed by atoms with van der Waals surface area (Å²) in [4.78, 5) is 14.6. The second-order valence-electron chi connectivity index (χ2n) is 7.12. The smallest absolute Gasteiger partial charge is 0.233 e. The van der Waals surface area contributed by atoms with E-state index in [0.29, 0.717) is 0 Å². The van der Waals surface area contributed by atoms with Crippen LogP contribution in [-0.2, 0) is 16.1 Å². The summed E-state index contributed by atoms with van der Waals surface area (Å²) >= 11 is 1.57. The molecule has 3 saturated heterocycles. The first kappa shape index (κ1) is 17.1. The molecule has 0 radical (unpaired) electrons. The summed E-state index contributed by atoms with van der Waals surface area (Å²) in [6, 6.07) is 0. The molecule has 0 saturated carbocycles. The van der Waals surface area contributed by atoms with Crippen LogP contribution in [0.3, 0.4) is 0 Å². The predicted octanol–water partition coefficient (Wildman–Crippen LogP) is 1.82. The average molecular weight is 366 g/mol. The van der Waals surface area contributed by atoms with Crippen molar-refractivity contribution in [1.29, 1.82) is 0 Å². The molecule has 8 heteroatoms. The molecule has 1 N–H and O–H groups in total. The molecule has 1 aromatic heterocycles. The number of rotatable bonds is 5. The van der Waals surface area contributed by atoms with Gasteiger partial charge in [0.15, 0.2) is 5.16 Å². The van der Waals surface area contributed by atoms with Crippen LogP contribution in [0.1, 0.15) is 44.9 Å². The molecule has 1 aromatic rings. The summed E-state index contributed by atoms with van der Waals surface area (Å²) in [6.45, 7) is 4.50. The molecule has 0 unspecified atom stereocenters. The second-order valence-corrected chi connectivity index (χ2v) is 8.29. The standard InChI is InChI=1S/C17H27N5O2S/c23-15-14(7-1-2-8-18-15)25-17-20-19-16(21-9-3-4-10-21)22(17)12-13-6-5-11-24-13/h13-14H,1-12H2,(H,18,23)/t13-,14-/m1/s1. The Kier molecular flexibility index (Phi) is 5.45. The summed E-state index contributed by atoms with van der Waals surface area (Å²) in [5.41, 5.74) is 0. The first-order valence-electron chi connectivity index (χ1n) is 9.55. The van der Waals surface area contributed by atoms with Gasteiger partial charge in [0.2, 0.25) is 11.9 Å². The lowest BCUT2D eigenvalue weighted by Gasteiger charge is -2.21. The van der Waals surface area contributed by atoms with Crippen LogP contribution in [0.25, 0.3) is 0 Å². The zero-order valence-corrected chi connectivity index (χ0v) is 15.5. The molecule has 0 bridgehead atoms. The van der Waals surface area contributed by atoms with Crippen LogP contribution in [0.4, 0.5) is 5.95 Å². The molecule has 0 aromatic carbocycles. The summed E-state index contributed by atoms with van der Waals surface area (Å²) in [7, 11) is 0. The lowest BCUT2D eigenvalue weighted by atomic mass is 10.2. The first-order chi connectivity index (χ1) is 12.3. The number of nitrogens with one attached hydrogen (secondary N) is 1. The van der Waals surface area contributed by atoms with E-state index in [2.05, 4.69) is 25.0 Å². The number of hydrogen-bond acceptors (Lipinski definition) is 6. The molecule has 138 valence electrons. The largest absolute Gasteiger partial charge is 0.376 e. The third-order valence-corrected chi connectivity index (χ3v) is 6.48. The minimum atomic E-state index is -0.0682. The van der Waals surface area contributed by atoms with Gasteiger partial charge >= 0.3 is 0 Å². The quantitative estimate of drug-likeness (QED) is 0.858. The van der Waals surface area contributed by atoms with Crippen molar-refractivity contribution in [2.45, 2.75) is 68.0 Å². The van der Waals surface area contributed by atoms with Crippen molar-refractivity contribution in [3.8, 4) is 0 Å². The highest BCUT2D eigenvalue weighted by Gasteiger charge is 2.29. The molecule has 7 nitrogen and oxygen atoms in total. The Bertz CT molecular complexity index is 596. The van der Waals surface area contributed by atoms with Crippen molar-refractivity contribution in [2.24, 2.45) is 0 Å².